The zero-order chi connectivity index (χ0) is 26.9. The number of carbonyl (C=O) groups excluding carboxylic acids is 3. The van der Waals surface area contributed by atoms with E-state index in [4.69, 9.17) is 4.74 Å². The molecule has 1 heterocycles. The van der Waals surface area contributed by atoms with Crippen molar-refractivity contribution in [2.24, 2.45) is 23.7 Å². The summed E-state index contributed by atoms with van der Waals surface area (Å²) in [5, 5.41) is 27.4. The SMILES string of the molecule is C=CC[C@H](NC(=O)[C@@H]1C[C@H]1C(=O)N1CCOCC1)C(=O)N[C@@H](CC1CCCCC1)[C@@H](O)[C@@H](O)CC(C)C. The number of hydrogen-bond acceptors (Lipinski definition) is 6. The number of carbonyl (C=O) groups is 3. The van der Waals surface area contributed by atoms with E-state index in [2.05, 4.69) is 17.2 Å². The molecule has 0 bridgehead atoms. The lowest BCUT2D eigenvalue weighted by molar-refractivity contribution is -0.138. The Bertz CT molecular complexity index is 778. The number of aliphatic hydroxyl groups is 2. The molecule has 0 aromatic heterocycles. The Hall–Kier alpha value is -1.97. The molecular formula is C28H47N3O6. The van der Waals surface area contributed by atoms with Crippen LogP contribution in [0.2, 0.25) is 0 Å². The zero-order valence-electron chi connectivity index (χ0n) is 22.6. The molecule has 2 saturated carbocycles. The maximum Gasteiger partial charge on any atom is 0.243 e. The number of morpholine rings is 1. The summed E-state index contributed by atoms with van der Waals surface area (Å²) >= 11 is 0. The molecule has 37 heavy (non-hydrogen) atoms. The zero-order valence-corrected chi connectivity index (χ0v) is 22.6. The molecule has 0 aromatic rings. The normalized spacial score (nSPS) is 25.6. The van der Waals surface area contributed by atoms with Gasteiger partial charge in [0.2, 0.25) is 17.7 Å². The molecule has 1 aliphatic heterocycles. The Morgan fingerprint density at radius 2 is 1.73 bits per heavy atom. The van der Waals surface area contributed by atoms with Crippen molar-refractivity contribution in [3.8, 4) is 0 Å². The van der Waals surface area contributed by atoms with Crippen LogP contribution in [0.15, 0.2) is 12.7 Å². The molecule has 210 valence electrons. The molecule has 0 unspecified atom stereocenters. The average Bonchev–Trinajstić information content (AvgIpc) is 3.69. The summed E-state index contributed by atoms with van der Waals surface area (Å²) in [6.07, 6.45) is 6.85. The van der Waals surface area contributed by atoms with Gasteiger partial charge in [-0.3, -0.25) is 14.4 Å². The van der Waals surface area contributed by atoms with Gasteiger partial charge in [0.1, 0.15) is 12.1 Å². The highest BCUT2D eigenvalue weighted by atomic mass is 16.5. The third kappa shape index (κ3) is 8.79. The van der Waals surface area contributed by atoms with Crippen molar-refractivity contribution in [1.29, 1.82) is 0 Å². The van der Waals surface area contributed by atoms with Gasteiger partial charge in [0, 0.05) is 13.1 Å². The first-order valence-electron chi connectivity index (χ1n) is 14.2. The smallest absolute Gasteiger partial charge is 0.243 e. The van der Waals surface area contributed by atoms with E-state index in [1.54, 1.807) is 11.0 Å². The van der Waals surface area contributed by atoms with E-state index in [1.165, 1.54) is 6.42 Å². The first-order chi connectivity index (χ1) is 17.7. The van der Waals surface area contributed by atoms with Crippen LogP contribution in [0.25, 0.3) is 0 Å². The molecular weight excluding hydrogens is 474 g/mol. The van der Waals surface area contributed by atoms with Crippen LogP contribution in [-0.2, 0) is 19.1 Å². The van der Waals surface area contributed by atoms with Crippen molar-refractivity contribution in [2.75, 3.05) is 26.3 Å². The molecule has 3 rings (SSSR count). The Balaban J connectivity index is 1.60. The van der Waals surface area contributed by atoms with Crippen molar-refractivity contribution in [2.45, 2.75) is 95.9 Å². The Morgan fingerprint density at radius 3 is 2.35 bits per heavy atom. The summed E-state index contributed by atoms with van der Waals surface area (Å²) < 4.78 is 5.30. The standard InChI is InChI=1S/C28H47N3O6/c1-4-8-22(29-26(34)20-17-21(20)28(36)31-11-13-37-14-12-31)27(35)30-23(16-19-9-6-5-7-10-19)25(33)24(32)15-18(2)3/h4,18-25,32-33H,1,5-17H2,2-3H3,(H,29,34)(H,30,35)/t20-,21-,22+,23+,24+,25-/m1/s1. The van der Waals surface area contributed by atoms with E-state index >= 15 is 0 Å². The predicted octanol–water partition coefficient (Wildman–Crippen LogP) is 1.77. The number of ether oxygens (including phenoxy) is 1. The van der Waals surface area contributed by atoms with Crippen LogP contribution in [0.4, 0.5) is 0 Å². The van der Waals surface area contributed by atoms with E-state index in [-0.39, 0.29) is 30.1 Å². The van der Waals surface area contributed by atoms with Crippen LogP contribution in [0.5, 0.6) is 0 Å². The number of hydrogen-bond donors (Lipinski definition) is 4. The van der Waals surface area contributed by atoms with Gasteiger partial charge in [-0.15, -0.1) is 6.58 Å². The van der Waals surface area contributed by atoms with Crippen LogP contribution in [0, 0.1) is 23.7 Å². The maximum atomic E-state index is 13.3. The van der Waals surface area contributed by atoms with Crippen molar-refractivity contribution >= 4 is 17.7 Å². The number of amides is 3. The second-order valence-corrected chi connectivity index (χ2v) is 11.5. The molecule has 0 aromatic carbocycles. The molecule has 4 N–H and O–H groups in total. The first kappa shape index (κ1) is 29.6. The van der Waals surface area contributed by atoms with E-state index in [0.29, 0.717) is 51.5 Å². The molecule has 0 spiro atoms. The number of nitrogens with zero attached hydrogens (tertiary/aromatic N) is 1. The molecule has 0 radical (unpaired) electrons. The van der Waals surface area contributed by atoms with Gasteiger partial charge in [-0.25, -0.2) is 0 Å². The van der Waals surface area contributed by atoms with E-state index in [1.807, 2.05) is 13.8 Å². The van der Waals surface area contributed by atoms with Gasteiger partial charge in [0.15, 0.2) is 0 Å². The minimum atomic E-state index is -1.09. The predicted molar refractivity (Wildman–Crippen MR) is 140 cm³/mol. The largest absolute Gasteiger partial charge is 0.390 e. The summed E-state index contributed by atoms with van der Waals surface area (Å²) in [7, 11) is 0. The van der Waals surface area contributed by atoms with E-state index in [9.17, 15) is 24.6 Å². The Kier molecular flexibility index (Phi) is 11.4. The van der Waals surface area contributed by atoms with Crippen LogP contribution < -0.4 is 10.6 Å². The maximum absolute atomic E-state index is 13.3. The first-order valence-corrected chi connectivity index (χ1v) is 14.2. The molecule has 6 atom stereocenters. The van der Waals surface area contributed by atoms with Crippen molar-refractivity contribution < 1.29 is 29.3 Å². The number of nitrogens with one attached hydrogen (secondary N) is 2. The fourth-order valence-electron chi connectivity index (χ4n) is 5.69. The molecule has 3 amide bonds. The van der Waals surface area contributed by atoms with Gasteiger partial charge in [-0.2, -0.15) is 0 Å². The summed E-state index contributed by atoms with van der Waals surface area (Å²) in [5.41, 5.74) is 0. The molecule has 9 nitrogen and oxygen atoms in total. The average molecular weight is 522 g/mol. The topological polar surface area (TPSA) is 128 Å². The second kappa shape index (κ2) is 14.3. The number of rotatable bonds is 13. The minimum absolute atomic E-state index is 0.0250. The molecule has 3 fully saturated rings. The fraction of sp³-hybridized carbons (Fsp3) is 0.821. The summed E-state index contributed by atoms with van der Waals surface area (Å²) in [6.45, 7) is 9.79. The quantitative estimate of drug-likeness (QED) is 0.274. The molecule has 2 aliphatic carbocycles. The fourth-order valence-corrected chi connectivity index (χ4v) is 5.69. The summed E-state index contributed by atoms with van der Waals surface area (Å²) in [5.74, 6) is -0.937. The monoisotopic (exact) mass is 521 g/mol. The van der Waals surface area contributed by atoms with Crippen LogP contribution in [0.3, 0.4) is 0 Å². The van der Waals surface area contributed by atoms with Gasteiger partial charge in [0.25, 0.3) is 0 Å². The van der Waals surface area contributed by atoms with Gasteiger partial charge < -0.3 is 30.5 Å². The molecule has 1 saturated heterocycles. The lowest BCUT2D eigenvalue weighted by atomic mass is 9.82. The molecule has 9 heteroatoms. The van der Waals surface area contributed by atoms with E-state index in [0.717, 1.165) is 25.7 Å². The Morgan fingerprint density at radius 1 is 1.05 bits per heavy atom. The van der Waals surface area contributed by atoms with Gasteiger partial charge in [0.05, 0.1) is 37.2 Å². The highest BCUT2D eigenvalue weighted by molar-refractivity contribution is 5.95. The van der Waals surface area contributed by atoms with Crippen LogP contribution in [-0.4, -0.2) is 83.4 Å². The van der Waals surface area contributed by atoms with Crippen LogP contribution in [0.1, 0.15) is 71.6 Å². The molecule has 3 aliphatic rings. The van der Waals surface area contributed by atoms with Gasteiger partial charge in [-0.05, 0) is 37.5 Å². The van der Waals surface area contributed by atoms with Gasteiger partial charge in [-0.1, -0.05) is 52.0 Å². The Labute approximate surface area is 221 Å². The van der Waals surface area contributed by atoms with Crippen LogP contribution >= 0.6 is 0 Å². The summed E-state index contributed by atoms with van der Waals surface area (Å²) in [4.78, 5) is 40.7. The summed E-state index contributed by atoms with van der Waals surface area (Å²) in [6, 6.07) is -1.46. The third-order valence-corrected chi connectivity index (χ3v) is 7.96. The minimum Gasteiger partial charge on any atom is -0.390 e. The lowest BCUT2D eigenvalue weighted by Gasteiger charge is -2.33. The van der Waals surface area contributed by atoms with Gasteiger partial charge >= 0.3 is 0 Å². The van der Waals surface area contributed by atoms with Crippen molar-refractivity contribution in [3.05, 3.63) is 12.7 Å². The van der Waals surface area contributed by atoms with E-state index < -0.39 is 36.1 Å². The third-order valence-electron chi connectivity index (χ3n) is 7.96. The highest BCUT2D eigenvalue weighted by Gasteiger charge is 2.50. The van der Waals surface area contributed by atoms with Crippen molar-refractivity contribution in [1.82, 2.24) is 15.5 Å². The second-order valence-electron chi connectivity index (χ2n) is 11.5. The van der Waals surface area contributed by atoms with Crippen molar-refractivity contribution in [3.63, 3.8) is 0 Å². The highest BCUT2D eigenvalue weighted by Crippen LogP contribution is 2.40. The lowest BCUT2D eigenvalue weighted by Crippen LogP contribution is -2.55. The number of aliphatic hydroxyl groups excluding tert-OH is 2.